The van der Waals surface area contributed by atoms with Gasteiger partial charge in [0.1, 0.15) is 0 Å². The van der Waals surface area contributed by atoms with Crippen molar-refractivity contribution in [3.63, 3.8) is 0 Å². The summed E-state index contributed by atoms with van der Waals surface area (Å²) in [6.07, 6.45) is 0. The second-order valence-corrected chi connectivity index (χ2v) is 4.62. The molecule has 0 aliphatic rings. The van der Waals surface area contributed by atoms with Crippen LogP contribution in [-0.4, -0.2) is 19.0 Å². The van der Waals surface area contributed by atoms with Crippen LogP contribution in [0.4, 0.5) is 16.2 Å². The zero-order chi connectivity index (χ0) is 14.5. The van der Waals surface area contributed by atoms with E-state index in [1.165, 1.54) is 7.05 Å². The van der Waals surface area contributed by atoms with Gasteiger partial charge in [-0.2, -0.15) is 0 Å². The molecule has 1 heterocycles. The first-order chi connectivity index (χ1) is 9.58. The molecule has 1 aromatic heterocycles. The fraction of sp³-hybridized carbons (Fsp3) is 0.0769. The van der Waals surface area contributed by atoms with Crippen molar-refractivity contribution in [2.24, 2.45) is 0 Å². The quantitative estimate of drug-likeness (QED) is 0.804. The molecule has 0 aliphatic heterocycles. The highest BCUT2D eigenvalue weighted by molar-refractivity contribution is 9.10. The summed E-state index contributed by atoms with van der Waals surface area (Å²) in [7, 11) is 1.52. The van der Waals surface area contributed by atoms with Crippen LogP contribution in [0.25, 0.3) is 0 Å². The number of furan rings is 1. The van der Waals surface area contributed by atoms with E-state index in [-0.39, 0.29) is 17.7 Å². The Morgan fingerprint density at radius 2 is 1.80 bits per heavy atom. The van der Waals surface area contributed by atoms with Crippen molar-refractivity contribution < 1.29 is 14.0 Å². The minimum absolute atomic E-state index is 0.196. The Kier molecular flexibility index (Phi) is 4.41. The van der Waals surface area contributed by atoms with Crippen LogP contribution in [0.5, 0.6) is 0 Å². The number of amides is 3. The summed E-state index contributed by atoms with van der Waals surface area (Å²) in [5, 5.41) is 7.74. The second kappa shape index (κ2) is 6.25. The maximum Gasteiger partial charge on any atom is 0.318 e. The zero-order valence-electron chi connectivity index (χ0n) is 10.6. The number of carbonyl (C=O) groups is 2. The van der Waals surface area contributed by atoms with E-state index in [0.29, 0.717) is 16.0 Å². The molecule has 0 saturated carbocycles. The van der Waals surface area contributed by atoms with E-state index in [1.807, 2.05) is 0 Å². The van der Waals surface area contributed by atoms with Gasteiger partial charge in [-0.15, -0.1) is 0 Å². The summed E-state index contributed by atoms with van der Waals surface area (Å²) in [5.41, 5.74) is 1.12. The van der Waals surface area contributed by atoms with Crippen LogP contribution < -0.4 is 16.0 Å². The van der Waals surface area contributed by atoms with Crippen molar-refractivity contribution in [2.45, 2.75) is 0 Å². The number of urea groups is 1. The van der Waals surface area contributed by atoms with Gasteiger partial charge in [-0.05, 0) is 46.3 Å². The van der Waals surface area contributed by atoms with E-state index in [9.17, 15) is 9.59 Å². The van der Waals surface area contributed by atoms with Gasteiger partial charge < -0.3 is 20.4 Å². The monoisotopic (exact) mass is 337 g/mol. The van der Waals surface area contributed by atoms with E-state index >= 15 is 0 Å². The number of rotatable bonds is 3. The van der Waals surface area contributed by atoms with Gasteiger partial charge in [0.2, 0.25) is 0 Å². The number of nitrogens with one attached hydrogen (secondary N) is 3. The first kappa shape index (κ1) is 14.1. The number of benzene rings is 1. The molecule has 0 fully saturated rings. The van der Waals surface area contributed by atoms with Crippen LogP contribution in [0.1, 0.15) is 10.6 Å². The molecule has 0 atom stereocenters. The minimum Gasteiger partial charge on any atom is -0.444 e. The summed E-state index contributed by atoms with van der Waals surface area (Å²) in [6.45, 7) is 0. The normalized spacial score (nSPS) is 9.90. The Bertz CT molecular complexity index is 639. The largest absolute Gasteiger partial charge is 0.444 e. The van der Waals surface area contributed by atoms with Gasteiger partial charge in [0.15, 0.2) is 10.4 Å². The number of anilines is 2. The fourth-order valence-electron chi connectivity index (χ4n) is 1.50. The van der Waals surface area contributed by atoms with Crippen LogP contribution in [-0.2, 0) is 0 Å². The third-order valence-corrected chi connectivity index (χ3v) is 2.83. The standard InChI is InChI=1S/C13H12BrN3O3/c1-15-13(19)17-9-4-2-3-8(7-9)16-12(18)10-5-6-11(14)20-10/h2-7H,1H3,(H,16,18)(H2,15,17,19). The summed E-state index contributed by atoms with van der Waals surface area (Å²) >= 11 is 3.13. The molecule has 3 amide bonds. The summed E-state index contributed by atoms with van der Waals surface area (Å²) in [4.78, 5) is 23.1. The van der Waals surface area contributed by atoms with Crippen LogP contribution in [0.2, 0.25) is 0 Å². The molecule has 0 bridgehead atoms. The molecule has 20 heavy (non-hydrogen) atoms. The van der Waals surface area contributed by atoms with Crippen molar-refractivity contribution in [1.29, 1.82) is 0 Å². The van der Waals surface area contributed by atoms with E-state index < -0.39 is 0 Å². The molecule has 1 aromatic carbocycles. The Balaban J connectivity index is 2.08. The minimum atomic E-state index is -0.368. The lowest BCUT2D eigenvalue weighted by Crippen LogP contribution is -2.24. The number of hydrogen-bond donors (Lipinski definition) is 3. The Morgan fingerprint density at radius 1 is 1.10 bits per heavy atom. The van der Waals surface area contributed by atoms with E-state index in [2.05, 4.69) is 31.9 Å². The summed E-state index contributed by atoms with van der Waals surface area (Å²) < 4.78 is 5.64. The van der Waals surface area contributed by atoms with Gasteiger partial charge >= 0.3 is 6.03 Å². The van der Waals surface area contributed by atoms with Gasteiger partial charge in [0, 0.05) is 18.4 Å². The van der Waals surface area contributed by atoms with Crippen LogP contribution in [0.15, 0.2) is 45.5 Å². The molecule has 0 unspecified atom stereocenters. The number of carbonyl (C=O) groups excluding carboxylic acids is 2. The van der Waals surface area contributed by atoms with Gasteiger partial charge in [-0.3, -0.25) is 4.79 Å². The van der Waals surface area contributed by atoms with Crippen molar-refractivity contribution in [1.82, 2.24) is 5.32 Å². The molecule has 6 nitrogen and oxygen atoms in total. The van der Waals surface area contributed by atoms with Crippen molar-refractivity contribution in [2.75, 3.05) is 17.7 Å². The van der Waals surface area contributed by atoms with Crippen LogP contribution >= 0.6 is 15.9 Å². The second-order valence-electron chi connectivity index (χ2n) is 3.84. The number of hydrogen-bond acceptors (Lipinski definition) is 3. The Morgan fingerprint density at radius 3 is 2.40 bits per heavy atom. The summed E-state index contributed by atoms with van der Waals surface area (Å²) in [5.74, 6) is -0.172. The van der Waals surface area contributed by atoms with Gasteiger partial charge in [0.25, 0.3) is 5.91 Å². The summed E-state index contributed by atoms with van der Waals surface area (Å²) in [6, 6.07) is 9.66. The topological polar surface area (TPSA) is 83.4 Å². The highest BCUT2D eigenvalue weighted by atomic mass is 79.9. The van der Waals surface area contributed by atoms with Crippen molar-refractivity contribution in [3.8, 4) is 0 Å². The van der Waals surface area contributed by atoms with E-state index in [0.717, 1.165) is 0 Å². The van der Waals surface area contributed by atoms with Gasteiger partial charge in [0.05, 0.1) is 0 Å². The highest BCUT2D eigenvalue weighted by Gasteiger charge is 2.11. The van der Waals surface area contributed by atoms with Crippen LogP contribution in [0.3, 0.4) is 0 Å². The molecule has 2 rings (SSSR count). The first-order valence-electron chi connectivity index (χ1n) is 5.74. The van der Waals surface area contributed by atoms with Crippen molar-refractivity contribution in [3.05, 3.63) is 46.8 Å². The van der Waals surface area contributed by atoms with Crippen LogP contribution in [0, 0.1) is 0 Å². The molecule has 0 radical (unpaired) electrons. The molecule has 0 saturated heterocycles. The predicted molar refractivity (Wildman–Crippen MR) is 78.9 cm³/mol. The molecular weight excluding hydrogens is 326 g/mol. The molecule has 7 heteroatoms. The molecular formula is C13H12BrN3O3. The average Bonchev–Trinajstić information content (AvgIpc) is 2.86. The van der Waals surface area contributed by atoms with E-state index in [1.54, 1.807) is 36.4 Å². The Labute approximate surface area is 123 Å². The fourth-order valence-corrected chi connectivity index (χ4v) is 1.80. The highest BCUT2D eigenvalue weighted by Crippen LogP contribution is 2.18. The smallest absolute Gasteiger partial charge is 0.318 e. The molecule has 2 aromatic rings. The SMILES string of the molecule is CNC(=O)Nc1cccc(NC(=O)c2ccc(Br)o2)c1. The maximum absolute atomic E-state index is 11.9. The third kappa shape index (κ3) is 3.61. The lowest BCUT2D eigenvalue weighted by atomic mass is 10.2. The lowest BCUT2D eigenvalue weighted by Gasteiger charge is -2.07. The Hall–Kier alpha value is -2.28. The zero-order valence-corrected chi connectivity index (χ0v) is 12.2. The lowest BCUT2D eigenvalue weighted by molar-refractivity contribution is 0.0995. The number of halogens is 1. The first-order valence-corrected chi connectivity index (χ1v) is 6.53. The van der Waals surface area contributed by atoms with Gasteiger partial charge in [-0.1, -0.05) is 6.07 Å². The molecule has 0 aliphatic carbocycles. The molecule has 3 N–H and O–H groups in total. The van der Waals surface area contributed by atoms with Gasteiger partial charge in [-0.25, -0.2) is 4.79 Å². The van der Waals surface area contributed by atoms with Crippen molar-refractivity contribution >= 4 is 39.2 Å². The third-order valence-electron chi connectivity index (χ3n) is 2.40. The van der Waals surface area contributed by atoms with E-state index in [4.69, 9.17) is 4.42 Å². The predicted octanol–water partition coefficient (Wildman–Crippen LogP) is 3.05. The molecule has 0 spiro atoms. The maximum atomic E-state index is 11.9. The average molecular weight is 338 g/mol. The molecule has 104 valence electrons.